The summed E-state index contributed by atoms with van der Waals surface area (Å²) < 4.78 is 5.15. The molecule has 0 saturated heterocycles. The number of ether oxygens (including phenoxy) is 1. The van der Waals surface area contributed by atoms with Crippen LogP contribution in [-0.4, -0.2) is 23.3 Å². The number of non-ortho nitro benzene ring substituents is 1. The van der Waals surface area contributed by atoms with E-state index >= 15 is 0 Å². The summed E-state index contributed by atoms with van der Waals surface area (Å²) >= 11 is 5.71. The number of carbonyl (C=O) groups is 2. The molecule has 0 aliphatic heterocycles. The van der Waals surface area contributed by atoms with Gasteiger partial charge in [-0.25, -0.2) is 0 Å². The average Bonchev–Trinajstić information content (AvgIpc) is 2.54. The first-order valence-electron chi connectivity index (χ1n) is 6.43. The molecule has 1 N–H and O–H groups in total. The molecule has 7 nitrogen and oxygen atoms in total. The first-order chi connectivity index (χ1) is 11.0. The second kappa shape index (κ2) is 7.37. The van der Waals surface area contributed by atoms with E-state index in [4.69, 9.17) is 16.3 Å². The van der Waals surface area contributed by atoms with Crippen molar-refractivity contribution >= 4 is 29.1 Å². The first-order valence-corrected chi connectivity index (χ1v) is 6.80. The molecule has 118 valence electrons. The molecule has 0 bridgehead atoms. The molecule has 2 amide bonds. The van der Waals surface area contributed by atoms with Crippen LogP contribution in [0.3, 0.4) is 0 Å². The van der Waals surface area contributed by atoms with Gasteiger partial charge in [-0.15, -0.1) is 0 Å². The third kappa shape index (κ3) is 4.79. The van der Waals surface area contributed by atoms with Crippen molar-refractivity contribution in [1.29, 1.82) is 0 Å². The average molecular weight is 335 g/mol. The van der Waals surface area contributed by atoms with E-state index in [1.807, 2.05) is 0 Å². The van der Waals surface area contributed by atoms with Crippen molar-refractivity contribution in [1.82, 2.24) is 5.32 Å². The molecule has 0 radical (unpaired) electrons. The van der Waals surface area contributed by atoms with Crippen LogP contribution in [0.15, 0.2) is 48.5 Å². The van der Waals surface area contributed by atoms with Gasteiger partial charge in [0.25, 0.3) is 17.5 Å². The molecule has 0 unspecified atom stereocenters. The van der Waals surface area contributed by atoms with E-state index in [-0.39, 0.29) is 17.0 Å². The number of hydrogen-bond acceptors (Lipinski definition) is 5. The van der Waals surface area contributed by atoms with Gasteiger partial charge in [-0.2, -0.15) is 0 Å². The van der Waals surface area contributed by atoms with Crippen molar-refractivity contribution in [3.8, 4) is 5.75 Å². The Balaban J connectivity index is 1.86. The summed E-state index contributed by atoms with van der Waals surface area (Å²) in [6, 6.07) is 11.3. The van der Waals surface area contributed by atoms with Crippen molar-refractivity contribution < 1.29 is 19.2 Å². The smallest absolute Gasteiger partial charge is 0.269 e. The Morgan fingerprint density at radius 3 is 2.26 bits per heavy atom. The van der Waals surface area contributed by atoms with Gasteiger partial charge in [-0.1, -0.05) is 11.6 Å². The van der Waals surface area contributed by atoms with E-state index in [1.165, 1.54) is 48.5 Å². The zero-order chi connectivity index (χ0) is 16.8. The van der Waals surface area contributed by atoms with Crippen LogP contribution in [0.25, 0.3) is 0 Å². The summed E-state index contributed by atoms with van der Waals surface area (Å²) in [6.07, 6.45) is 0. The largest absolute Gasteiger partial charge is 0.484 e. The Morgan fingerprint density at radius 1 is 1.09 bits per heavy atom. The predicted octanol–water partition coefficient (Wildman–Crippen LogP) is 2.58. The molecule has 0 spiro atoms. The zero-order valence-corrected chi connectivity index (χ0v) is 12.4. The van der Waals surface area contributed by atoms with Gasteiger partial charge in [0.05, 0.1) is 4.92 Å². The van der Waals surface area contributed by atoms with E-state index in [9.17, 15) is 19.7 Å². The molecular weight excluding hydrogens is 324 g/mol. The van der Waals surface area contributed by atoms with Gasteiger partial charge >= 0.3 is 0 Å². The summed E-state index contributed by atoms with van der Waals surface area (Å²) in [5.41, 5.74) is 0.206. The fourth-order valence-electron chi connectivity index (χ4n) is 1.65. The van der Waals surface area contributed by atoms with Crippen LogP contribution >= 0.6 is 11.6 Å². The second-order valence-corrected chi connectivity index (χ2v) is 4.86. The minimum Gasteiger partial charge on any atom is -0.484 e. The number of imide groups is 1. The molecule has 2 aromatic carbocycles. The van der Waals surface area contributed by atoms with Crippen LogP contribution in [0.1, 0.15) is 10.4 Å². The van der Waals surface area contributed by atoms with Gasteiger partial charge in [-0.05, 0) is 36.4 Å². The van der Waals surface area contributed by atoms with Gasteiger partial charge in [-0.3, -0.25) is 25.0 Å². The van der Waals surface area contributed by atoms with Crippen molar-refractivity contribution in [3.63, 3.8) is 0 Å². The third-order valence-electron chi connectivity index (χ3n) is 2.78. The van der Waals surface area contributed by atoms with Crippen LogP contribution < -0.4 is 10.1 Å². The molecular formula is C15H11ClN2O5. The predicted molar refractivity (Wildman–Crippen MR) is 82.5 cm³/mol. The summed E-state index contributed by atoms with van der Waals surface area (Å²) in [5, 5.41) is 13.2. The van der Waals surface area contributed by atoms with E-state index in [2.05, 4.69) is 5.32 Å². The van der Waals surface area contributed by atoms with Crippen LogP contribution in [0.5, 0.6) is 5.75 Å². The topological polar surface area (TPSA) is 98.5 Å². The summed E-state index contributed by atoms with van der Waals surface area (Å²) in [6.45, 7) is -0.392. The Hall–Kier alpha value is -2.93. The molecule has 0 fully saturated rings. The SMILES string of the molecule is O=C(COc1ccc([N+](=O)[O-])cc1)NC(=O)c1ccc(Cl)cc1. The van der Waals surface area contributed by atoms with Crippen molar-refractivity contribution in [2.24, 2.45) is 0 Å². The fourth-order valence-corrected chi connectivity index (χ4v) is 1.78. The standard InChI is InChI=1S/C15H11ClN2O5/c16-11-3-1-10(2-4-11)15(20)17-14(19)9-23-13-7-5-12(6-8-13)18(21)22/h1-8H,9H2,(H,17,19,20). The first kappa shape index (κ1) is 16.4. The Kier molecular flexibility index (Phi) is 5.27. The Morgan fingerprint density at radius 2 is 1.70 bits per heavy atom. The van der Waals surface area contributed by atoms with Gasteiger partial charge < -0.3 is 4.74 Å². The van der Waals surface area contributed by atoms with Crippen molar-refractivity contribution in [2.75, 3.05) is 6.61 Å². The van der Waals surface area contributed by atoms with E-state index in [1.54, 1.807) is 0 Å². The summed E-state index contributed by atoms with van der Waals surface area (Å²) in [5.74, 6) is -0.924. The molecule has 23 heavy (non-hydrogen) atoms. The number of halogens is 1. The molecule has 2 aromatic rings. The fraction of sp³-hybridized carbons (Fsp3) is 0.0667. The molecule has 0 atom stereocenters. The number of carbonyl (C=O) groups excluding carboxylic acids is 2. The number of amides is 2. The zero-order valence-electron chi connectivity index (χ0n) is 11.7. The van der Waals surface area contributed by atoms with Gasteiger partial charge in [0.1, 0.15) is 5.75 Å². The number of nitrogens with zero attached hydrogens (tertiary/aromatic N) is 1. The quantitative estimate of drug-likeness (QED) is 0.669. The number of nitrogens with one attached hydrogen (secondary N) is 1. The van der Waals surface area contributed by atoms with E-state index in [0.29, 0.717) is 5.02 Å². The molecule has 0 aliphatic carbocycles. The Labute approximate surface area is 136 Å². The normalized spacial score (nSPS) is 9.96. The molecule has 8 heteroatoms. The van der Waals surface area contributed by atoms with Gasteiger partial charge in [0.2, 0.25) is 0 Å². The number of nitro benzene ring substituents is 1. The minimum atomic E-state index is -0.636. The molecule has 2 rings (SSSR count). The van der Waals surface area contributed by atoms with Crippen molar-refractivity contribution in [3.05, 3.63) is 69.2 Å². The molecule has 0 heterocycles. The number of hydrogen-bond donors (Lipinski definition) is 1. The molecule has 0 aliphatic rings. The third-order valence-corrected chi connectivity index (χ3v) is 3.03. The highest BCUT2D eigenvalue weighted by Crippen LogP contribution is 2.17. The minimum absolute atomic E-state index is 0.0836. The second-order valence-electron chi connectivity index (χ2n) is 4.42. The summed E-state index contributed by atoms with van der Waals surface area (Å²) in [7, 11) is 0. The maximum Gasteiger partial charge on any atom is 0.269 e. The number of benzene rings is 2. The van der Waals surface area contributed by atoms with Crippen LogP contribution in [-0.2, 0) is 4.79 Å². The number of nitro groups is 1. The maximum atomic E-state index is 11.8. The lowest BCUT2D eigenvalue weighted by atomic mass is 10.2. The highest BCUT2D eigenvalue weighted by atomic mass is 35.5. The highest BCUT2D eigenvalue weighted by Gasteiger charge is 2.11. The lowest BCUT2D eigenvalue weighted by molar-refractivity contribution is -0.384. The lowest BCUT2D eigenvalue weighted by Gasteiger charge is -2.06. The monoisotopic (exact) mass is 334 g/mol. The molecule has 0 aromatic heterocycles. The highest BCUT2D eigenvalue weighted by molar-refractivity contribution is 6.30. The van der Waals surface area contributed by atoms with E-state index in [0.717, 1.165) is 0 Å². The molecule has 0 saturated carbocycles. The summed E-state index contributed by atoms with van der Waals surface area (Å²) in [4.78, 5) is 33.4. The van der Waals surface area contributed by atoms with Gasteiger partial charge in [0.15, 0.2) is 6.61 Å². The van der Waals surface area contributed by atoms with Gasteiger partial charge in [0, 0.05) is 22.7 Å². The van der Waals surface area contributed by atoms with E-state index < -0.39 is 23.3 Å². The van der Waals surface area contributed by atoms with Crippen molar-refractivity contribution in [2.45, 2.75) is 0 Å². The lowest BCUT2D eigenvalue weighted by Crippen LogP contribution is -2.34. The van der Waals surface area contributed by atoms with Crippen LogP contribution in [0.4, 0.5) is 5.69 Å². The van der Waals surface area contributed by atoms with Crippen LogP contribution in [0, 0.1) is 10.1 Å². The maximum absolute atomic E-state index is 11.8. The number of rotatable bonds is 5. The van der Waals surface area contributed by atoms with Crippen LogP contribution in [0.2, 0.25) is 5.02 Å². The Bertz CT molecular complexity index is 729.